The number of pyridine rings is 1. The first kappa shape index (κ1) is 21.1. The van der Waals surface area contributed by atoms with Gasteiger partial charge in [-0.25, -0.2) is 17.7 Å². The highest BCUT2D eigenvalue weighted by molar-refractivity contribution is 7.83. The van der Waals surface area contributed by atoms with Gasteiger partial charge in [-0.2, -0.15) is 0 Å². The van der Waals surface area contributed by atoms with E-state index in [0.717, 1.165) is 17.7 Å². The molecule has 0 bridgehead atoms. The Morgan fingerprint density at radius 1 is 1.29 bits per heavy atom. The van der Waals surface area contributed by atoms with Crippen LogP contribution in [0.1, 0.15) is 23.0 Å². The highest BCUT2D eigenvalue weighted by Crippen LogP contribution is 2.33. The first-order valence-electron chi connectivity index (χ1n) is 9.43. The molecule has 162 valence electrons. The van der Waals surface area contributed by atoms with Crippen LogP contribution >= 0.6 is 0 Å². The molecular formula is C21H20F2N4O3S. The van der Waals surface area contributed by atoms with Gasteiger partial charge in [0.15, 0.2) is 23.1 Å². The number of rotatable bonds is 4. The van der Waals surface area contributed by atoms with Crippen molar-refractivity contribution in [2.75, 3.05) is 11.9 Å². The average Bonchev–Trinajstić information content (AvgIpc) is 3.01. The molecule has 2 atom stereocenters. The number of aryl methyl sites for hydroxylation is 1. The van der Waals surface area contributed by atoms with Gasteiger partial charge in [-0.15, -0.1) is 0 Å². The molecular weight excluding hydrogens is 426 g/mol. The molecule has 1 aliphatic rings. The molecule has 2 aromatic heterocycles. The number of aromatic nitrogens is 2. The maximum absolute atomic E-state index is 13.5. The van der Waals surface area contributed by atoms with Crippen molar-refractivity contribution in [1.29, 1.82) is 0 Å². The lowest BCUT2D eigenvalue weighted by molar-refractivity contribution is 0.101. The molecule has 3 heterocycles. The summed E-state index contributed by atoms with van der Waals surface area (Å²) in [6, 6.07) is 6.81. The van der Waals surface area contributed by atoms with Crippen molar-refractivity contribution < 1.29 is 22.5 Å². The van der Waals surface area contributed by atoms with Crippen molar-refractivity contribution in [1.82, 2.24) is 14.3 Å². The van der Waals surface area contributed by atoms with Gasteiger partial charge < -0.3 is 14.6 Å². The quantitative estimate of drug-likeness (QED) is 0.645. The van der Waals surface area contributed by atoms with E-state index < -0.39 is 34.1 Å². The van der Waals surface area contributed by atoms with Crippen molar-refractivity contribution in [3.63, 3.8) is 0 Å². The Kier molecular flexibility index (Phi) is 5.59. The molecule has 0 aliphatic carbocycles. The summed E-state index contributed by atoms with van der Waals surface area (Å²) in [5.41, 5.74) is 0.552. The van der Waals surface area contributed by atoms with Crippen LogP contribution in [0.25, 0.3) is 0 Å². The van der Waals surface area contributed by atoms with Gasteiger partial charge in [0.1, 0.15) is 22.5 Å². The summed E-state index contributed by atoms with van der Waals surface area (Å²) >= 11 is 0. The van der Waals surface area contributed by atoms with Crippen LogP contribution < -0.4 is 14.8 Å². The molecule has 3 aromatic rings. The smallest absolute Gasteiger partial charge is 0.276 e. The Labute approximate surface area is 180 Å². The van der Waals surface area contributed by atoms with Gasteiger partial charge in [0.05, 0.1) is 5.54 Å². The van der Waals surface area contributed by atoms with E-state index >= 15 is 0 Å². The number of nitrogens with one attached hydrogen (secondary N) is 2. The number of anilines is 1. The number of hydrogen-bond acceptors (Lipinski definition) is 4. The highest BCUT2D eigenvalue weighted by atomic mass is 32.2. The molecule has 4 rings (SSSR count). The molecule has 2 unspecified atom stereocenters. The van der Waals surface area contributed by atoms with Gasteiger partial charge in [0, 0.05) is 37.4 Å². The highest BCUT2D eigenvalue weighted by Gasteiger charge is 2.36. The second kappa shape index (κ2) is 8.20. The van der Waals surface area contributed by atoms with Gasteiger partial charge >= 0.3 is 0 Å². The lowest BCUT2D eigenvalue weighted by Gasteiger charge is -2.27. The topological polar surface area (TPSA) is 85.2 Å². The molecule has 1 aliphatic heterocycles. The fraction of sp³-hybridized carbons (Fsp3) is 0.238. The number of carbonyl (C=O) groups excluding carboxylic acids is 1. The molecule has 0 saturated heterocycles. The van der Waals surface area contributed by atoms with Gasteiger partial charge in [0.2, 0.25) is 0 Å². The third kappa shape index (κ3) is 4.35. The SMILES string of the molecule is Cn1cc2c(c1C(=O)Nc1ccc(F)c(F)c1)OCC(C)(Cc1ccncc1)NS2=O. The van der Waals surface area contributed by atoms with Crippen LogP contribution in [0.5, 0.6) is 5.75 Å². The third-order valence-electron chi connectivity index (χ3n) is 4.91. The minimum Gasteiger partial charge on any atom is -0.488 e. The van der Waals surface area contributed by atoms with Crippen molar-refractivity contribution in [2.24, 2.45) is 7.05 Å². The Morgan fingerprint density at radius 3 is 2.74 bits per heavy atom. The molecule has 0 spiro atoms. The van der Waals surface area contributed by atoms with E-state index in [-0.39, 0.29) is 23.7 Å². The molecule has 31 heavy (non-hydrogen) atoms. The Hall–Kier alpha value is -3.11. The zero-order chi connectivity index (χ0) is 22.2. The maximum Gasteiger partial charge on any atom is 0.276 e. The molecule has 10 heteroatoms. The number of hydrogen-bond donors (Lipinski definition) is 2. The maximum atomic E-state index is 13.5. The molecule has 0 fully saturated rings. The number of fused-ring (bicyclic) bond motifs is 1. The fourth-order valence-electron chi connectivity index (χ4n) is 3.45. The van der Waals surface area contributed by atoms with E-state index in [0.29, 0.717) is 11.3 Å². The van der Waals surface area contributed by atoms with E-state index in [1.807, 2.05) is 19.1 Å². The number of carbonyl (C=O) groups is 1. The number of nitrogens with zero attached hydrogens (tertiary/aromatic N) is 2. The van der Waals surface area contributed by atoms with E-state index in [2.05, 4.69) is 15.0 Å². The molecule has 1 aromatic carbocycles. The van der Waals surface area contributed by atoms with E-state index in [1.165, 1.54) is 10.6 Å². The van der Waals surface area contributed by atoms with Gasteiger partial charge in [-0.1, -0.05) is 0 Å². The number of benzene rings is 1. The molecule has 2 N–H and O–H groups in total. The predicted octanol–water partition coefficient (Wildman–Crippen LogP) is 2.96. The lowest BCUT2D eigenvalue weighted by Crippen LogP contribution is -2.48. The zero-order valence-corrected chi connectivity index (χ0v) is 17.6. The van der Waals surface area contributed by atoms with E-state index in [4.69, 9.17) is 4.74 Å². The molecule has 1 amide bonds. The predicted molar refractivity (Wildman–Crippen MR) is 111 cm³/mol. The minimum atomic E-state index is -1.64. The third-order valence-corrected chi connectivity index (χ3v) is 6.28. The van der Waals surface area contributed by atoms with Crippen molar-refractivity contribution in [2.45, 2.75) is 23.8 Å². The molecule has 0 saturated carbocycles. The Morgan fingerprint density at radius 2 is 2.03 bits per heavy atom. The molecule has 7 nitrogen and oxygen atoms in total. The van der Waals surface area contributed by atoms with Gasteiger partial charge in [0.25, 0.3) is 5.91 Å². The lowest BCUT2D eigenvalue weighted by atomic mass is 9.95. The number of halogens is 2. The van der Waals surface area contributed by atoms with Crippen molar-refractivity contribution >= 4 is 22.6 Å². The van der Waals surface area contributed by atoms with E-state index in [9.17, 15) is 17.8 Å². The zero-order valence-electron chi connectivity index (χ0n) is 16.8. The van der Waals surface area contributed by atoms with Crippen LogP contribution in [0.2, 0.25) is 0 Å². The van der Waals surface area contributed by atoms with Gasteiger partial charge in [-0.3, -0.25) is 9.78 Å². The average molecular weight is 446 g/mol. The van der Waals surface area contributed by atoms with Crippen LogP contribution in [0, 0.1) is 11.6 Å². The van der Waals surface area contributed by atoms with Crippen LogP contribution in [0.3, 0.4) is 0 Å². The van der Waals surface area contributed by atoms with Crippen molar-refractivity contribution in [3.05, 3.63) is 71.8 Å². The fourth-order valence-corrected chi connectivity index (χ4v) is 4.72. The van der Waals surface area contributed by atoms with Gasteiger partial charge in [-0.05, 0) is 43.2 Å². The summed E-state index contributed by atoms with van der Waals surface area (Å²) in [6.07, 6.45) is 5.45. The Bertz CT molecular complexity index is 1170. The summed E-state index contributed by atoms with van der Waals surface area (Å²) in [5.74, 6) is -2.49. The van der Waals surface area contributed by atoms with Crippen LogP contribution in [-0.2, 0) is 24.5 Å². The summed E-state index contributed by atoms with van der Waals surface area (Å²) in [5, 5.41) is 2.53. The summed E-state index contributed by atoms with van der Waals surface area (Å²) in [7, 11) is -0.0193. The first-order chi connectivity index (χ1) is 14.8. The monoisotopic (exact) mass is 446 g/mol. The molecule has 0 radical (unpaired) electrons. The second-order valence-electron chi connectivity index (χ2n) is 7.62. The minimum absolute atomic E-state index is 0.0919. The van der Waals surface area contributed by atoms with Crippen molar-refractivity contribution in [3.8, 4) is 5.75 Å². The van der Waals surface area contributed by atoms with Crippen LogP contribution in [-0.4, -0.2) is 31.8 Å². The van der Waals surface area contributed by atoms with Crippen LogP contribution in [0.15, 0.2) is 53.8 Å². The standard InChI is InChI=1S/C21H20F2N4O3S/c1-21(10-13-5-7-24-8-6-13)12-30-19-17(31(29)26-21)11-27(2)18(19)20(28)25-14-3-4-15(22)16(23)9-14/h3-9,11,26H,10,12H2,1-2H3,(H,25,28). The number of amides is 1. The second-order valence-corrected chi connectivity index (χ2v) is 8.80. The number of ether oxygens (including phenoxy) is 1. The summed E-state index contributed by atoms with van der Waals surface area (Å²) in [6.45, 7) is 2.04. The summed E-state index contributed by atoms with van der Waals surface area (Å²) in [4.78, 5) is 17.2. The summed E-state index contributed by atoms with van der Waals surface area (Å²) < 4.78 is 50.2. The van der Waals surface area contributed by atoms with Crippen LogP contribution in [0.4, 0.5) is 14.5 Å². The Balaban J connectivity index is 1.60. The largest absolute Gasteiger partial charge is 0.488 e. The first-order valence-corrected chi connectivity index (χ1v) is 10.6. The van der Waals surface area contributed by atoms with E-state index in [1.54, 1.807) is 25.6 Å². The normalized spacial score (nSPS) is 20.5.